The van der Waals surface area contributed by atoms with E-state index in [1.165, 1.54) is 12.8 Å². The molecule has 1 saturated heterocycles. The summed E-state index contributed by atoms with van der Waals surface area (Å²) < 4.78 is 0. The molecule has 3 rings (SSSR count). The Balaban J connectivity index is 1.44. The van der Waals surface area contributed by atoms with Crippen molar-refractivity contribution in [3.63, 3.8) is 0 Å². The van der Waals surface area contributed by atoms with E-state index in [1.54, 1.807) is 24.3 Å². The molecule has 2 aromatic carbocycles. The van der Waals surface area contributed by atoms with Crippen molar-refractivity contribution in [1.82, 2.24) is 15.5 Å². The van der Waals surface area contributed by atoms with Gasteiger partial charge in [-0.25, -0.2) is 0 Å². The smallest absolute Gasteiger partial charge is 0.251 e. The van der Waals surface area contributed by atoms with Crippen molar-refractivity contribution in [3.05, 3.63) is 70.8 Å². The summed E-state index contributed by atoms with van der Waals surface area (Å²) in [6.45, 7) is 4.71. The number of nitrogens with two attached hydrogens (primary N) is 1. The Hall–Kier alpha value is -2.70. The Morgan fingerprint density at radius 2 is 1.36 bits per heavy atom. The van der Waals surface area contributed by atoms with Gasteiger partial charge in [0.25, 0.3) is 11.8 Å². The van der Waals surface area contributed by atoms with Gasteiger partial charge in [-0.2, -0.15) is 0 Å². The first kappa shape index (κ1) is 20.0. The Morgan fingerprint density at radius 1 is 0.821 bits per heavy atom. The number of likely N-dealkylation sites (tertiary alicyclic amines) is 1. The molecule has 0 saturated carbocycles. The first-order valence-corrected chi connectivity index (χ1v) is 9.82. The molecule has 0 radical (unpaired) electrons. The van der Waals surface area contributed by atoms with Crippen LogP contribution in [0.15, 0.2) is 48.5 Å². The van der Waals surface area contributed by atoms with Crippen LogP contribution >= 0.6 is 0 Å². The zero-order chi connectivity index (χ0) is 19.8. The van der Waals surface area contributed by atoms with Gasteiger partial charge in [-0.3, -0.25) is 9.59 Å². The minimum absolute atomic E-state index is 0.0604. The number of benzene rings is 2. The molecule has 28 heavy (non-hydrogen) atoms. The van der Waals surface area contributed by atoms with Gasteiger partial charge in [-0.05, 0) is 61.3 Å². The van der Waals surface area contributed by atoms with Crippen LogP contribution in [-0.2, 0) is 13.1 Å². The van der Waals surface area contributed by atoms with Crippen LogP contribution in [0.5, 0.6) is 0 Å². The van der Waals surface area contributed by atoms with Gasteiger partial charge in [0.15, 0.2) is 0 Å². The highest BCUT2D eigenvalue weighted by atomic mass is 16.2. The van der Waals surface area contributed by atoms with Crippen LogP contribution in [0, 0.1) is 0 Å². The average Bonchev–Trinajstić information content (AvgIpc) is 3.26. The van der Waals surface area contributed by atoms with Gasteiger partial charge >= 0.3 is 0 Å². The Kier molecular flexibility index (Phi) is 7.17. The van der Waals surface area contributed by atoms with E-state index in [0.29, 0.717) is 30.8 Å². The number of nitrogens with one attached hydrogen (secondary N) is 2. The second kappa shape index (κ2) is 10.0. The summed E-state index contributed by atoms with van der Waals surface area (Å²) in [5.41, 5.74) is 8.74. The fourth-order valence-electron chi connectivity index (χ4n) is 3.29. The van der Waals surface area contributed by atoms with Gasteiger partial charge < -0.3 is 21.3 Å². The predicted octanol–water partition coefficient (Wildman–Crippen LogP) is 1.90. The molecule has 0 bridgehead atoms. The van der Waals surface area contributed by atoms with Gasteiger partial charge in [-0.15, -0.1) is 0 Å². The molecule has 0 spiro atoms. The first-order valence-electron chi connectivity index (χ1n) is 9.82. The quantitative estimate of drug-likeness (QED) is 0.653. The molecule has 0 aromatic heterocycles. The fourth-order valence-corrected chi connectivity index (χ4v) is 3.29. The Labute approximate surface area is 166 Å². The molecule has 4 N–H and O–H groups in total. The van der Waals surface area contributed by atoms with Crippen molar-refractivity contribution < 1.29 is 9.59 Å². The van der Waals surface area contributed by atoms with Gasteiger partial charge in [0.1, 0.15) is 0 Å². The maximum Gasteiger partial charge on any atom is 0.251 e. The minimum atomic E-state index is -0.132. The molecule has 148 valence electrons. The normalized spacial score (nSPS) is 14.0. The zero-order valence-corrected chi connectivity index (χ0v) is 16.1. The van der Waals surface area contributed by atoms with Crippen molar-refractivity contribution in [3.8, 4) is 0 Å². The van der Waals surface area contributed by atoms with Gasteiger partial charge in [0.2, 0.25) is 0 Å². The topological polar surface area (TPSA) is 87.5 Å². The molecule has 1 aliphatic heterocycles. The molecule has 2 aromatic rings. The highest BCUT2D eigenvalue weighted by Crippen LogP contribution is 2.08. The lowest BCUT2D eigenvalue weighted by molar-refractivity contribution is 0.0941. The van der Waals surface area contributed by atoms with E-state index in [0.717, 1.165) is 30.8 Å². The second-order valence-corrected chi connectivity index (χ2v) is 7.09. The summed E-state index contributed by atoms with van der Waals surface area (Å²) in [6, 6.07) is 14.6. The van der Waals surface area contributed by atoms with E-state index in [2.05, 4.69) is 15.5 Å². The van der Waals surface area contributed by atoms with Crippen molar-refractivity contribution in [1.29, 1.82) is 0 Å². The van der Waals surface area contributed by atoms with Gasteiger partial charge in [0.05, 0.1) is 0 Å². The van der Waals surface area contributed by atoms with Crippen molar-refractivity contribution in [2.75, 3.05) is 26.2 Å². The molecule has 2 amide bonds. The lowest BCUT2D eigenvalue weighted by Crippen LogP contribution is -2.33. The molecule has 6 nitrogen and oxygen atoms in total. The molecular formula is C22H28N4O2. The second-order valence-electron chi connectivity index (χ2n) is 7.09. The largest absolute Gasteiger partial charge is 0.351 e. The molecule has 1 fully saturated rings. The molecule has 6 heteroatoms. The van der Waals surface area contributed by atoms with E-state index in [-0.39, 0.29) is 11.8 Å². The van der Waals surface area contributed by atoms with Crippen LogP contribution in [0.1, 0.15) is 44.7 Å². The van der Waals surface area contributed by atoms with E-state index >= 15 is 0 Å². The SMILES string of the molecule is NCc1ccc(C(=O)NCc2ccc(C(=O)NCCN3CCCC3)cc2)cc1. The lowest BCUT2D eigenvalue weighted by Gasteiger charge is -2.14. The molecule has 0 unspecified atom stereocenters. The molecule has 1 aliphatic rings. The molecular weight excluding hydrogens is 352 g/mol. The third-order valence-corrected chi connectivity index (χ3v) is 5.03. The number of rotatable bonds is 8. The van der Waals surface area contributed by atoms with Crippen molar-refractivity contribution in [2.45, 2.75) is 25.9 Å². The monoisotopic (exact) mass is 380 g/mol. The zero-order valence-electron chi connectivity index (χ0n) is 16.1. The molecule has 0 aliphatic carbocycles. The molecule has 0 atom stereocenters. The number of carbonyl (C=O) groups is 2. The van der Waals surface area contributed by atoms with Crippen LogP contribution in [0.3, 0.4) is 0 Å². The highest BCUT2D eigenvalue weighted by molar-refractivity contribution is 5.95. The summed E-state index contributed by atoms with van der Waals surface area (Å²) in [7, 11) is 0. The van der Waals surface area contributed by atoms with E-state index in [4.69, 9.17) is 5.73 Å². The maximum absolute atomic E-state index is 12.2. The minimum Gasteiger partial charge on any atom is -0.351 e. The summed E-state index contributed by atoms with van der Waals surface area (Å²) in [4.78, 5) is 26.8. The summed E-state index contributed by atoms with van der Waals surface area (Å²) in [6.07, 6.45) is 2.51. The first-order chi connectivity index (χ1) is 13.7. The highest BCUT2D eigenvalue weighted by Gasteiger charge is 2.12. The van der Waals surface area contributed by atoms with Crippen LogP contribution in [0.4, 0.5) is 0 Å². The van der Waals surface area contributed by atoms with Crippen molar-refractivity contribution in [2.24, 2.45) is 5.73 Å². The fraction of sp³-hybridized carbons (Fsp3) is 0.364. The summed E-state index contributed by atoms with van der Waals surface area (Å²) in [5.74, 6) is -0.193. The number of carbonyl (C=O) groups excluding carboxylic acids is 2. The lowest BCUT2D eigenvalue weighted by atomic mass is 10.1. The maximum atomic E-state index is 12.2. The van der Waals surface area contributed by atoms with E-state index < -0.39 is 0 Å². The predicted molar refractivity (Wildman–Crippen MR) is 110 cm³/mol. The van der Waals surface area contributed by atoms with Crippen LogP contribution in [0.25, 0.3) is 0 Å². The Morgan fingerprint density at radius 3 is 1.93 bits per heavy atom. The molecule has 1 heterocycles. The number of hydrogen-bond acceptors (Lipinski definition) is 4. The number of hydrogen-bond donors (Lipinski definition) is 3. The van der Waals surface area contributed by atoms with Gasteiger partial charge in [-0.1, -0.05) is 24.3 Å². The standard InChI is InChI=1S/C22H28N4O2/c23-15-17-3-7-20(8-4-17)22(28)25-16-18-5-9-19(10-6-18)21(27)24-11-14-26-12-1-2-13-26/h3-10H,1-2,11-16,23H2,(H,24,27)(H,25,28). The summed E-state index contributed by atoms with van der Waals surface area (Å²) in [5, 5.41) is 5.86. The Bertz CT molecular complexity index is 781. The van der Waals surface area contributed by atoms with Crippen LogP contribution in [0.2, 0.25) is 0 Å². The van der Waals surface area contributed by atoms with E-state index in [1.807, 2.05) is 24.3 Å². The number of nitrogens with zero attached hydrogens (tertiary/aromatic N) is 1. The van der Waals surface area contributed by atoms with E-state index in [9.17, 15) is 9.59 Å². The van der Waals surface area contributed by atoms with Crippen LogP contribution in [-0.4, -0.2) is 42.9 Å². The third kappa shape index (κ3) is 5.65. The van der Waals surface area contributed by atoms with Gasteiger partial charge in [0, 0.05) is 37.3 Å². The average molecular weight is 380 g/mol. The van der Waals surface area contributed by atoms with Crippen molar-refractivity contribution >= 4 is 11.8 Å². The van der Waals surface area contributed by atoms with Crippen LogP contribution < -0.4 is 16.4 Å². The third-order valence-electron chi connectivity index (χ3n) is 5.03. The number of amides is 2. The summed E-state index contributed by atoms with van der Waals surface area (Å²) >= 11 is 0.